The smallest absolute Gasteiger partial charge is 0.221 e. The van der Waals surface area contributed by atoms with Gasteiger partial charge in [-0.1, -0.05) is 13.0 Å². The number of amides is 1. The summed E-state index contributed by atoms with van der Waals surface area (Å²) in [5.41, 5.74) is 2.78. The van der Waals surface area contributed by atoms with Crippen LogP contribution in [0.1, 0.15) is 32.9 Å². The lowest BCUT2D eigenvalue weighted by Gasteiger charge is -2.11. The summed E-state index contributed by atoms with van der Waals surface area (Å²) in [6.45, 7) is 6.88. The van der Waals surface area contributed by atoms with Crippen LogP contribution >= 0.6 is 11.3 Å². The fourth-order valence-electron chi connectivity index (χ4n) is 2.24. The summed E-state index contributed by atoms with van der Waals surface area (Å²) < 4.78 is 0. The van der Waals surface area contributed by atoms with Gasteiger partial charge in [-0.25, -0.2) is 4.98 Å². The maximum Gasteiger partial charge on any atom is 0.221 e. The number of thiazole rings is 1. The van der Waals surface area contributed by atoms with Crippen molar-refractivity contribution in [2.24, 2.45) is 0 Å². The Kier molecular flexibility index (Phi) is 6.55. The van der Waals surface area contributed by atoms with Crippen molar-refractivity contribution in [3.05, 3.63) is 35.3 Å². The molecule has 0 fully saturated rings. The molecule has 5 nitrogen and oxygen atoms in total. The standard InChI is InChI=1S/C17H24N4OS/c1-4-8-18-12(2)9-16-11-23-17(21-16)20-15-7-5-6-14(10-15)19-13(3)22/h5-7,10-12,18H,4,8-9H2,1-3H3,(H,19,22)(H,20,21). The molecule has 0 saturated heterocycles. The summed E-state index contributed by atoms with van der Waals surface area (Å²) in [6.07, 6.45) is 2.06. The Hall–Kier alpha value is -1.92. The van der Waals surface area contributed by atoms with Gasteiger partial charge < -0.3 is 16.0 Å². The Bertz CT molecular complexity index is 641. The molecular formula is C17H24N4OS. The summed E-state index contributed by atoms with van der Waals surface area (Å²) in [4.78, 5) is 15.7. The van der Waals surface area contributed by atoms with Crippen molar-refractivity contribution >= 4 is 33.8 Å². The zero-order chi connectivity index (χ0) is 16.7. The first-order valence-corrected chi connectivity index (χ1v) is 8.77. The zero-order valence-electron chi connectivity index (χ0n) is 13.8. The third-order valence-corrected chi connectivity index (χ3v) is 4.05. The zero-order valence-corrected chi connectivity index (χ0v) is 14.7. The number of anilines is 3. The molecule has 1 atom stereocenters. The first-order valence-electron chi connectivity index (χ1n) is 7.89. The highest BCUT2D eigenvalue weighted by Crippen LogP contribution is 2.23. The van der Waals surface area contributed by atoms with Crippen LogP contribution in [0, 0.1) is 0 Å². The molecule has 0 aliphatic rings. The Morgan fingerprint density at radius 2 is 2.13 bits per heavy atom. The van der Waals surface area contributed by atoms with Gasteiger partial charge in [-0.15, -0.1) is 11.3 Å². The van der Waals surface area contributed by atoms with E-state index < -0.39 is 0 Å². The molecule has 0 saturated carbocycles. The van der Waals surface area contributed by atoms with Crippen LogP contribution in [0.15, 0.2) is 29.6 Å². The second kappa shape index (κ2) is 8.64. The summed E-state index contributed by atoms with van der Waals surface area (Å²) >= 11 is 1.59. The molecular weight excluding hydrogens is 308 g/mol. The van der Waals surface area contributed by atoms with Gasteiger partial charge in [0.1, 0.15) is 0 Å². The molecule has 2 rings (SSSR count). The molecule has 0 spiro atoms. The molecule has 124 valence electrons. The second-order valence-corrected chi connectivity index (χ2v) is 6.45. The normalized spacial score (nSPS) is 12.0. The third-order valence-electron chi connectivity index (χ3n) is 3.24. The molecule has 2 aromatic rings. The minimum atomic E-state index is -0.0766. The molecule has 0 bridgehead atoms. The molecule has 0 aliphatic carbocycles. The predicted octanol–water partition coefficient (Wildman–Crippen LogP) is 3.78. The molecule has 23 heavy (non-hydrogen) atoms. The van der Waals surface area contributed by atoms with Crippen LogP contribution in [-0.2, 0) is 11.2 Å². The van der Waals surface area contributed by atoms with Crippen molar-refractivity contribution in [3.63, 3.8) is 0 Å². The van der Waals surface area contributed by atoms with Crippen LogP contribution in [0.4, 0.5) is 16.5 Å². The van der Waals surface area contributed by atoms with Crippen LogP contribution in [0.5, 0.6) is 0 Å². The number of carbonyl (C=O) groups excluding carboxylic acids is 1. The van der Waals surface area contributed by atoms with Gasteiger partial charge in [0.25, 0.3) is 0 Å². The molecule has 1 unspecified atom stereocenters. The lowest BCUT2D eigenvalue weighted by molar-refractivity contribution is -0.114. The van der Waals surface area contributed by atoms with E-state index in [9.17, 15) is 4.79 Å². The largest absolute Gasteiger partial charge is 0.331 e. The van der Waals surface area contributed by atoms with Crippen molar-refractivity contribution in [2.45, 2.75) is 39.7 Å². The van der Waals surface area contributed by atoms with E-state index in [-0.39, 0.29) is 5.91 Å². The molecule has 0 aliphatic heterocycles. The summed E-state index contributed by atoms with van der Waals surface area (Å²) in [5.74, 6) is -0.0766. The molecule has 3 N–H and O–H groups in total. The lowest BCUT2D eigenvalue weighted by Crippen LogP contribution is -2.28. The van der Waals surface area contributed by atoms with E-state index >= 15 is 0 Å². The van der Waals surface area contributed by atoms with E-state index in [1.54, 1.807) is 11.3 Å². The van der Waals surface area contributed by atoms with E-state index in [1.165, 1.54) is 6.92 Å². The number of aromatic nitrogens is 1. The number of nitrogens with one attached hydrogen (secondary N) is 3. The fourth-order valence-corrected chi connectivity index (χ4v) is 2.98. The SMILES string of the molecule is CCCNC(C)Cc1csc(Nc2cccc(NC(C)=O)c2)n1. The van der Waals surface area contributed by atoms with Gasteiger partial charge in [0.15, 0.2) is 5.13 Å². The molecule has 1 amide bonds. The monoisotopic (exact) mass is 332 g/mol. The predicted molar refractivity (Wildman–Crippen MR) is 97.6 cm³/mol. The topological polar surface area (TPSA) is 66.0 Å². The number of benzene rings is 1. The highest BCUT2D eigenvalue weighted by atomic mass is 32.1. The van der Waals surface area contributed by atoms with Crippen molar-refractivity contribution in [2.75, 3.05) is 17.2 Å². The quantitative estimate of drug-likeness (QED) is 0.688. The van der Waals surface area contributed by atoms with Gasteiger partial charge in [0.05, 0.1) is 5.69 Å². The van der Waals surface area contributed by atoms with Gasteiger partial charge in [0, 0.05) is 36.1 Å². The average molecular weight is 332 g/mol. The fraction of sp³-hybridized carbons (Fsp3) is 0.412. The average Bonchev–Trinajstić information content (AvgIpc) is 2.91. The van der Waals surface area contributed by atoms with Crippen LogP contribution in [-0.4, -0.2) is 23.5 Å². The first kappa shape index (κ1) is 17.4. The van der Waals surface area contributed by atoms with Gasteiger partial charge in [0.2, 0.25) is 5.91 Å². The highest BCUT2D eigenvalue weighted by molar-refractivity contribution is 7.13. The van der Waals surface area contributed by atoms with Crippen molar-refractivity contribution < 1.29 is 4.79 Å². The Morgan fingerprint density at radius 1 is 1.35 bits per heavy atom. The van der Waals surface area contributed by atoms with Gasteiger partial charge >= 0.3 is 0 Å². The molecule has 6 heteroatoms. The van der Waals surface area contributed by atoms with E-state index in [0.717, 1.165) is 41.6 Å². The van der Waals surface area contributed by atoms with E-state index in [2.05, 4.69) is 40.2 Å². The summed E-state index contributed by atoms with van der Waals surface area (Å²) in [6, 6.07) is 8.04. The van der Waals surface area contributed by atoms with Gasteiger partial charge in [-0.3, -0.25) is 4.79 Å². The van der Waals surface area contributed by atoms with E-state index in [1.807, 2.05) is 24.3 Å². The second-order valence-electron chi connectivity index (χ2n) is 5.59. The van der Waals surface area contributed by atoms with Crippen molar-refractivity contribution in [1.82, 2.24) is 10.3 Å². The van der Waals surface area contributed by atoms with Crippen molar-refractivity contribution in [1.29, 1.82) is 0 Å². The van der Waals surface area contributed by atoms with E-state index in [0.29, 0.717) is 6.04 Å². The first-order chi connectivity index (χ1) is 11.1. The molecule has 1 heterocycles. The van der Waals surface area contributed by atoms with Crippen molar-refractivity contribution in [3.8, 4) is 0 Å². The van der Waals surface area contributed by atoms with E-state index in [4.69, 9.17) is 0 Å². The number of rotatable bonds is 8. The van der Waals surface area contributed by atoms with Gasteiger partial charge in [-0.05, 0) is 38.1 Å². The third kappa shape index (κ3) is 6.00. The number of hydrogen-bond acceptors (Lipinski definition) is 5. The van der Waals surface area contributed by atoms with Crippen LogP contribution < -0.4 is 16.0 Å². The molecule has 0 radical (unpaired) electrons. The van der Waals surface area contributed by atoms with Gasteiger partial charge in [-0.2, -0.15) is 0 Å². The van der Waals surface area contributed by atoms with Crippen LogP contribution in [0.2, 0.25) is 0 Å². The highest BCUT2D eigenvalue weighted by Gasteiger charge is 2.07. The summed E-state index contributed by atoms with van der Waals surface area (Å²) in [7, 11) is 0. The Balaban J connectivity index is 1.95. The Morgan fingerprint density at radius 3 is 2.87 bits per heavy atom. The lowest BCUT2D eigenvalue weighted by atomic mass is 10.2. The Labute approximate surface area is 141 Å². The maximum atomic E-state index is 11.1. The summed E-state index contributed by atoms with van der Waals surface area (Å²) in [5, 5.41) is 12.5. The molecule has 1 aromatic carbocycles. The number of carbonyl (C=O) groups is 1. The number of nitrogens with zero attached hydrogens (tertiary/aromatic N) is 1. The number of hydrogen-bond donors (Lipinski definition) is 3. The maximum absolute atomic E-state index is 11.1. The van der Waals surface area contributed by atoms with Crippen LogP contribution in [0.3, 0.4) is 0 Å². The van der Waals surface area contributed by atoms with Crippen LogP contribution in [0.25, 0.3) is 0 Å². The minimum Gasteiger partial charge on any atom is -0.331 e. The molecule has 1 aromatic heterocycles. The minimum absolute atomic E-state index is 0.0766.